The molecule has 0 radical (unpaired) electrons. The zero-order valence-electron chi connectivity index (χ0n) is 14.6. The van der Waals surface area contributed by atoms with E-state index in [0.29, 0.717) is 30.1 Å². The Morgan fingerprint density at radius 3 is 2.71 bits per heavy atom. The minimum atomic E-state index is -0.0146. The van der Waals surface area contributed by atoms with Gasteiger partial charge in [0, 0.05) is 25.2 Å². The number of carbonyl (C=O) groups is 1. The van der Waals surface area contributed by atoms with Gasteiger partial charge in [-0.3, -0.25) is 9.69 Å². The Balaban J connectivity index is 1.87. The summed E-state index contributed by atoms with van der Waals surface area (Å²) in [6.45, 7) is 5.68. The molecule has 2 aromatic rings. The van der Waals surface area contributed by atoms with Crippen LogP contribution in [0, 0.1) is 13.8 Å². The molecule has 1 atom stereocenters. The number of hydrogen-bond acceptors (Lipinski definition) is 5. The number of carbonyl (C=O) groups excluding carboxylic acids is 1. The summed E-state index contributed by atoms with van der Waals surface area (Å²) in [4.78, 5) is 17.1. The van der Waals surface area contributed by atoms with Crippen LogP contribution in [0.4, 0.5) is 0 Å². The Kier molecular flexibility index (Phi) is 4.57. The molecule has 1 fully saturated rings. The Morgan fingerprint density at radius 2 is 2.04 bits per heavy atom. The average Bonchev–Trinajstić information content (AvgIpc) is 2.93. The maximum absolute atomic E-state index is 12.9. The standard InChI is InChI=1S/C18H23N3O3/c1-12-17(13(2)24-19-12)18(22)21-10-9-20(3)15(11-21)14-7-5-6-8-16(14)23-4/h5-8,15H,9-11H2,1-4H3/t15-/m0/s1. The van der Waals surface area contributed by atoms with E-state index in [1.54, 1.807) is 21.0 Å². The van der Waals surface area contributed by atoms with Gasteiger partial charge in [0.2, 0.25) is 0 Å². The van der Waals surface area contributed by atoms with E-state index in [4.69, 9.17) is 9.26 Å². The van der Waals surface area contributed by atoms with E-state index in [0.717, 1.165) is 17.9 Å². The zero-order valence-corrected chi connectivity index (χ0v) is 14.6. The van der Waals surface area contributed by atoms with E-state index in [9.17, 15) is 4.79 Å². The smallest absolute Gasteiger partial charge is 0.259 e. The highest BCUT2D eigenvalue weighted by molar-refractivity contribution is 5.96. The molecule has 0 saturated carbocycles. The molecular formula is C18H23N3O3. The van der Waals surface area contributed by atoms with Crippen LogP contribution in [0.15, 0.2) is 28.8 Å². The third kappa shape index (κ3) is 2.89. The first kappa shape index (κ1) is 16.5. The number of ether oxygens (including phenoxy) is 1. The highest BCUT2D eigenvalue weighted by Gasteiger charge is 2.32. The summed E-state index contributed by atoms with van der Waals surface area (Å²) in [6, 6.07) is 8.07. The summed E-state index contributed by atoms with van der Waals surface area (Å²) in [6.07, 6.45) is 0. The van der Waals surface area contributed by atoms with Gasteiger partial charge in [0.15, 0.2) is 0 Å². The zero-order chi connectivity index (χ0) is 17.3. The Morgan fingerprint density at radius 1 is 1.29 bits per heavy atom. The van der Waals surface area contributed by atoms with Gasteiger partial charge in [-0.1, -0.05) is 23.4 Å². The number of hydrogen-bond donors (Lipinski definition) is 0. The van der Waals surface area contributed by atoms with Crippen molar-refractivity contribution < 1.29 is 14.1 Å². The van der Waals surface area contributed by atoms with Crippen molar-refractivity contribution in [1.82, 2.24) is 15.0 Å². The molecule has 1 aliphatic heterocycles. The fourth-order valence-electron chi connectivity index (χ4n) is 3.28. The van der Waals surface area contributed by atoms with Crippen molar-refractivity contribution in [2.24, 2.45) is 0 Å². The van der Waals surface area contributed by atoms with Crippen molar-refractivity contribution in [1.29, 1.82) is 0 Å². The largest absolute Gasteiger partial charge is 0.496 e. The van der Waals surface area contributed by atoms with Crippen molar-refractivity contribution in [3.8, 4) is 5.75 Å². The molecule has 6 nitrogen and oxygen atoms in total. The summed E-state index contributed by atoms with van der Waals surface area (Å²) < 4.78 is 10.6. The first-order valence-corrected chi connectivity index (χ1v) is 8.08. The highest BCUT2D eigenvalue weighted by atomic mass is 16.5. The second-order valence-electron chi connectivity index (χ2n) is 6.19. The number of piperazine rings is 1. The van der Waals surface area contributed by atoms with Crippen molar-refractivity contribution in [2.75, 3.05) is 33.8 Å². The summed E-state index contributed by atoms with van der Waals surface area (Å²) >= 11 is 0. The van der Waals surface area contributed by atoms with Crippen LogP contribution >= 0.6 is 0 Å². The lowest BCUT2D eigenvalue weighted by atomic mass is 10.0. The Bertz CT molecular complexity index is 721. The van der Waals surface area contributed by atoms with E-state index < -0.39 is 0 Å². The molecule has 2 heterocycles. The average molecular weight is 329 g/mol. The number of aromatic nitrogens is 1. The minimum Gasteiger partial charge on any atom is -0.496 e. The number of benzene rings is 1. The number of nitrogens with zero attached hydrogens (tertiary/aromatic N) is 3. The topological polar surface area (TPSA) is 58.8 Å². The normalized spacial score (nSPS) is 18.7. The van der Waals surface area contributed by atoms with Crippen LogP contribution in [0.3, 0.4) is 0 Å². The van der Waals surface area contributed by atoms with Crippen molar-refractivity contribution in [3.05, 3.63) is 46.8 Å². The second kappa shape index (κ2) is 6.65. The molecule has 1 saturated heterocycles. The molecular weight excluding hydrogens is 306 g/mol. The fraction of sp³-hybridized carbons (Fsp3) is 0.444. The molecule has 3 rings (SSSR count). The molecule has 0 unspecified atom stereocenters. The third-order valence-corrected chi connectivity index (χ3v) is 4.68. The van der Waals surface area contributed by atoms with Crippen LogP contribution in [-0.2, 0) is 0 Å². The fourth-order valence-corrected chi connectivity index (χ4v) is 3.28. The molecule has 0 N–H and O–H groups in total. The minimum absolute atomic E-state index is 0.0146. The van der Waals surface area contributed by atoms with Crippen molar-refractivity contribution in [3.63, 3.8) is 0 Å². The van der Waals surface area contributed by atoms with Gasteiger partial charge >= 0.3 is 0 Å². The van der Waals surface area contributed by atoms with E-state index in [2.05, 4.69) is 23.2 Å². The molecule has 1 aromatic carbocycles. The first-order chi connectivity index (χ1) is 11.5. The van der Waals surface area contributed by atoms with Crippen LogP contribution in [-0.4, -0.2) is 54.7 Å². The molecule has 6 heteroatoms. The number of methoxy groups -OCH3 is 1. The third-order valence-electron chi connectivity index (χ3n) is 4.68. The Hall–Kier alpha value is -2.34. The summed E-state index contributed by atoms with van der Waals surface area (Å²) in [5.41, 5.74) is 2.32. The van der Waals surface area contributed by atoms with Crippen LogP contribution in [0.2, 0.25) is 0 Å². The molecule has 0 aliphatic carbocycles. The predicted molar refractivity (Wildman–Crippen MR) is 90.2 cm³/mol. The van der Waals surface area contributed by atoms with Gasteiger partial charge in [-0.25, -0.2) is 0 Å². The van der Waals surface area contributed by atoms with E-state index >= 15 is 0 Å². The van der Waals surface area contributed by atoms with Crippen LogP contribution in [0.1, 0.15) is 33.4 Å². The van der Waals surface area contributed by atoms with Crippen molar-refractivity contribution >= 4 is 5.91 Å². The van der Waals surface area contributed by atoms with E-state index in [-0.39, 0.29) is 11.9 Å². The SMILES string of the molecule is COc1ccccc1[C@@H]1CN(C(=O)c2c(C)noc2C)CCN1C. The lowest BCUT2D eigenvalue weighted by Gasteiger charge is -2.40. The number of likely N-dealkylation sites (N-methyl/N-ethyl adjacent to an activating group) is 1. The molecule has 24 heavy (non-hydrogen) atoms. The molecule has 0 spiro atoms. The van der Waals surface area contributed by atoms with Crippen LogP contribution in [0.25, 0.3) is 0 Å². The molecule has 1 amide bonds. The summed E-state index contributed by atoms with van der Waals surface area (Å²) in [5, 5.41) is 3.90. The van der Waals surface area contributed by atoms with E-state index in [1.807, 2.05) is 23.1 Å². The molecule has 1 aliphatic rings. The van der Waals surface area contributed by atoms with Crippen LogP contribution in [0.5, 0.6) is 5.75 Å². The van der Waals surface area contributed by atoms with Gasteiger partial charge in [-0.05, 0) is 27.0 Å². The molecule has 0 bridgehead atoms. The van der Waals surface area contributed by atoms with E-state index in [1.165, 1.54) is 0 Å². The van der Waals surface area contributed by atoms with Gasteiger partial charge in [0.05, 0.1) is 18.8 Å². The summed E-state index contributed by atoms with van der Waals surface area (Å²) in [7, 11) is 3.75. The lowest BCUT2D eigenvalue weighted by molar-refractivity contribution is 0.0540. The summed E-state index contributed by atoms with van der Waals surface area (Å²) in [5.74, 6) is 1.41. The van der Waals surface area contributed by atoms with Gasteiger partial charge in [-0.2, -0.15) is 0 Å². The Labute approximate surface area is 142 Å². The van der Waals surface area contributed by atoms with Crippen LogP contribution < -0.4 is 4.74 Å². The molecule has 1 aromatic heterocycles. The predicted octanol–water partition coefficient (Wildman–Crippen LogP) is 2.43. The van der Waals surface area contributed by atoms with Gasteiger partial charge in [0.25, 0.3) is 5.91 Å². The number of para-hydroxylation sites is 1. The lowest BCUT2D eigenvalue weighted by Crippen LogP contribution is -2.49. The van der Waals surface area contributed by atoms with Crippen molar-refractivity contribution in [2.45, 2.75) is 19.9 Å². The maximum Gasteiger partial charge on any atom is 0.259 e. The van der Waals surface area contributed by atoms with Gasteiger partial charge in [0.1, 0.15) is 17.1 Å². The monoisotopic (exact) mass is 329 g/mol. The quantitative estimate of drug-likeness (QED) is 0.865. The second-order valence-corrected chi connectivity index (χ2v) is 6.19. The number of amides is 1. The number of rotatable bonds is 3. The highest BCUT2D eigenvalue weighted by Crippen LogP contribution is 2.31. The maximum atomic E-state index is 12.9. The number of aryl methyl sites for hydroxylation is 2. The molecule has 128 valence electrons. The van der Waals surface area contributed by atoms with Gasteiger partial charge in [-0.15, -0.1) is 0 Å². The first-order valence-electron chi connectivity index (χ1n) is 8.08. The van der Waals surface area contributed by atoms with Gasteiger partial charge < -0.3 is 14.2 Å².